The molecular weight excluding hydrogens is 284 g/mol. The fraction of sp³-hybridized carbons (Fsp3) is 0.467. The Morgan fingerprint density at radius 1 is 1.41 bits per heavy atom. The van der Waals surface area contributed by atoms with E-state index in [1.165, 1.54) is 0 Å². The zero-order valence-corrected chi connectivity index (χ0v) is 12.6. The molecule has 0 bridgehead atoms. The Hall–Kier alpha value is -2.12. The van der Waals surface area contributed by atoms with E-state index in [-0.39, 0.29) is 18.1 Å². The minimum absolute atomic E-state index is 0.0412. The second kappa shape index (κ2) is 7.77. The monoisotopic (exact) mass is 306 g/mol. The Morgan fingerprint density at radius 2 is 2.14 bits per heavy atom. The number of morpholine rings is 1. The van der Waals surface area contributed by atoms with Gasteiger partial charge in [-0.3, -0.25) is 4.79 Å². The third-order valence-electron chi connectivity index (χ3n) is 3.47. The lowest BCUT2D eigenvalue weighted by Gasteiger charge is -2.24. The van der Waals surface area contributed by atoms with Gasteiger partial charge in [-0.05, 0) is 24.6 Å². The summed E-state index contributed by atoms with van der Waals surface area (Å²) in [6.07, 6.45) is 0.279. The van der Waals surface area contributed by atoms with Gasteiger partial charge in [0, 0.05) is 18.8 Å². The van der Waals surface area contributed by atoms with E-state index in [2.05, 4.69) is 16.0 Å². The lowest BCUT2D eigenvalue weighted by atomic mass is 10.1. The molecule has 1 aromatic rings. The van der Waals surface area contributed by atoms with Crippen molar-refractivity contribution in [1.29, 1.82) is 0 Å². The first-order valence-electron chi connectivity index (χ1n) is 7.32. The number of rotatable bonds is 5. The van der Waals surface area contributed by atoms with Gasteiger partial charge in [0.05, 0.1) is 25.2 Å². The molecular formula is C15H22N4O3. The van der Waals surface area contributed by atoms with Crippen LogP contribution in [0.4, 0.5) is 10.5 Å². The quantitative estimate of drug-likeness (QED) is 0.643. The second-order valence-corrected chi connectivity index (χ2v) is 5.30. The van der Waals surface area contributed by atoms with E-state index in [1.54, 1.807) is 12.1 Å². The topological polar surface area (TPSA) is 105 Å². The van der Waals surface area contributed by atoms with Crippen LogP contribution in [0.1, 0.15) is 24.9 Å². The summed E-state index contributed by atoms with van der Waals surface area (Å²) >= 11 is 0. The first-order chi connectivity index (χ1) is 10.5. The molecule has 2 atom stereocenters. The minimum atomic E-state index is -0.602. The number of primary amides is 1. The van der Waals surface area contributed by atoms with Crippen molar-refractivity contribution in [2.24, 2.45) is 5.73 Å². The fourth-order valence-electron chi connectivity index (χ4n) is 2.34. The predicted octanol–water partition coefficient (Wildman–Crippen LogP) is 0.733. The number of hydrogen-bond donors (Lipinski definition) is 4. The van der Waals surface area contributed by atoms with Crippen LogP contribution in [-0.4, -0.2) is 37.7 Å². The maximum Gasteiger partial charge on any atom is 0.316 e. The zero-order valence-electron chi connectivity index (χ0n) is 12.6. The number of anilines is 1. The van der Waals surface area contributed by atoms with Crippen molar-refractivity contribution in [3.8, 4) is 0 Å². The average molecular weight is 306 g/mol. The zero-order chi connectivity index (χ0) is 15.9. The van der Waals surface area contributed by atoms with Gasteiger partial charge in [-0.2, -0.15) is 0 Å². The lowest BCUT2D eigenvalue weighted by molar-refractivity contribution is -0.125. The van der Waals surface area contributed by atoms with Gasteiger partial charge in [-0.25, -0.2) is 4.79 Å². The molecule has 0 aliphatic carbocycles. The average Bonchev–Trinajstić information content (AvgIpc) is 2.48. The standard InChI is InChI=1S/C15H22N4O3/c1-10(11-2-4-12(5-3-11)19-15(16)21)18-14(20)8-13-9-17-6-7-22-13/h2-5,10,13,17H,6-9H2,1H3,(H,18,20)(H3,16,19,21). The van der Waals surface area contributed by atoms with Crippen LogP contribution in [0.15, 0.2) is 24.3 Å². The van der Waals surface area contributed by atoms with E-state index in [4.69, 9.17) is 10.5 Å². The predicted molar refractivity (Wildman–Crippen MR) is 83.4 cm³/mol. The van der Waals surface area contributed by atoms with Crippen LogP contribution in [0.25, 0.3) is 0 Å². The van der Waals surface area contributed by atoms with E-state index in [0.29, 0.717) is 25.3 Å². The van der Waals surface area contributed by atoms with Crippen molar-refractivity contribution in [1.82, 2.24) is 10.6 Å². The maximum atomic E-state index is 12.0. The Bertz CT molecular complexity index is 512. The molecule has 1 fully saturated rings. The van der Waals surface area contributed by atoms with E-state index >= 15 is 0 Å². The third kappa shape index (κ3) is 5.01. The molecule has 7 nitrogen and oxygen atoms in total. The number of carbonyl (C=O) groups excluding carboxylic acids is 2. The van der Waals surface area contributed by atoms with Gasteiger partial charge in [0.25, 0.3) is 0 Å². The molecule has 1 saturated heterocycles. The molecule has 2 rings (SSSR count). The van der Waals surface area contributed by atoms with E-state index in [0.717, 1.165) is 12.1 Å². The summed E-state index contributed by atoms with van der Waals surface area (Å²) in [5, 5.41) is 8.64. The highest BCUT2D eigenvalue weighted by Crippen LogP contribution is 2.16. The lowest BCUT2D eigenvalue weighted by Crippen LogP contribution is -2.41. The molecule has 0 aromatic heterocycles. The minimum Gasteiger partial charge on any atom is -0.375 e. The fourth-order valence-corrected chi connectivity index (χ4v) is 2.34. The largest absolute Gasteiger partial charge is 0.375 e. The normalized spacial score (nSPS) is 19.2. The molecule has 2 unspecified atom stereocenters. The molecule has 0 spiro atoms. The second-order valence-electron chi connectivity index (χ2n) is 5.30. The molecule has 0 saturated carbocycles. The van der Waals surface area contributed by atoms with Crippen molar-refractivity contribution in [3.63, 3.8) is 0 Å². The SMILES string of the molecule is CC(NC(=O)CC1CNCCO1)c1ccc(NC(N)=O)cc1. The van der Waals surface area contributed by atoms with E-state index in [9.17, 15) is 9.59 Å². The van der Waals surface area contributed by atoms with Gasteiger partial charge in [0.2, 0.25) is 5.91 Å². The van der Waals surface area contributed by atoms with E-state index in [1.807, 2.05) is 19.1 Å². The Balaban J connectivity index is 1.83. The van der Waals surface area contributed by atoms with Gasteiger partial charge in [-0.15, -0.1) is 0 Å². The van der Waals surface area contributed by atoms with Crippen molar-refractivity contribution in [2.75, 3.05) is 25.0 Å². The van der Waals surface area contributed by atoms with E-state index < -0.39 is 6.03 Å². The number of nitrogens with two attached hydrogens (primary N) is 1. The summed E-state index contributed by atoms with van der Waals surface area (Å²) in [5.74, 6) is -0.0412. The molecule has 120 valence electrons. The van der Waals surface area contributed by atoms with Gasteiger partial charge >= 0.3 is 6.03 Å². The van der Waals surface area contributed by atoms with Crippen LogP contribution in [0, 0.1) is 0 Å². The maximum absolute atomic E-state index is 12.0. The Kier molecular flexibility index (Phi) is 5.74. The summed E-state index contributed by atoms with van der Waals surface area (Å²) in [4.78, 5) is 22.8. The number of carbonyl (C=O) groups is 2. The first-order valence-corrected chi connectivity index (χ1v) is 7.32. The van der Waals surface area contributed by atoms with Crippen LogP contribution in [0.5, 0.6) is 0 Å². The number of urea groups is 1. The number of nitrogens with one attached hydrogen (secondary N) is 3. The summed E-state index contributed by atoms with van der Waals surface area (Å²) in [7, 11) is 0. The molecule has 3 amide bonds. The number of benzene rings is 1. The van der Waals surface area contributed by atoms with Crippen LogP contribution < -0.4 is 21.7 Å². The van der Waals surface area contributed by atoms with Crippen molar-refractivity contribution in [3.05, 3.63) is 29.8 Å². The summed E-state index contributed by atoms with van der Waals surface area (Å²) < 4.78 is 5.51. The third-order valence-corrected chi connectivity index (χ3v) is 3.47. The summed E-state index contributed by atoms with van der Waals surface area (Å²) in [5.41, 5.74) is 6.62. The summed E-state index contributed by atoms with van der Waals surface area (Å²) in [6, 6.07) is 6.46. The molecule has 1 aliphatic rings. The highest BCUT2D eigenvalue weighted by atomic mass is 16.5. The number of hydrogen-bond acceptors (Lipinski definition) is 4. The van der Waals surface area contributed by atoms with Gasteiger partial charge in [-0.1, -0.05) is 12.1 Å². The Labute approximate surface area is 129 Å². The molecule has 5 N–H and O–H groups in total. The van der Waals surface area contributed by atoms with Crippen LogP contribution in [-0.2, 0) is 9.53 Å². The smallest absolute Gasteiger partial charge is 0.316 e. The van der Waals surface area contributed by atoms with Crippen molar-refractivity contribution >= 4 is 17.6 Å². The van der Waals surface area contributed by atoms with Crippen molar-refractivity contribution < 1.29 is 14.3 Å². The highest BCUT2D eigenvalue weighted by Gasteiger charge is 2.18. The van der Waals surface area contributed by atoms with Crippen LogP contribution in [0.2, 0.25) is 0 Å². The van der Waals surface area contributed by atoms with Gasteiger partial charge < -0.3 is 26.4 Å². The van der Waals surface area contributed by atoms with Gasteiger partial charge in [0.15, 0.2) is 0 Å². The van der Waals surface area contributed by atoms with Gasteiger partial charge in [0.1, 0.15) is 0 Å². The molecule has 1 aliphatic heterocycles. The molecule has 0 radical (unpaired) electrons. The Morgan fingerprint density at radius 3 is 2.73 bits per heavy atom. The molecule has 1 aromatic carbocycles. The highest BCUT2D eigenvalue weighted by molar-refractivity contribution is 5.87. The molecule has 22 heavy (non-hydrogen) atoms. The number of ether oxygens (including phenoxy) is 1. The summed E-state index contributed by atoms with van der Waals surface area (Å²) in [6.45, 7) is 4.09. The van der Waals surface area contributed by atoms with Crippen LogP contribution in [0.3, 0.4) is 0 Å². The van der Waals surface area contributed by atoms with Crippen molar-refractivity contribution in [2.45, 2.75) is 25.5 Å². The number of amides is 3. The molecule has 7 heteroatoms. The molecule has 1 heterocycles. The first kappa shape index (κ1) is 16.3. The van der Waals surface area contributed by atoms with Crippen LogP contribution >= 0.6 is 0 Å².